The van der Waals surface area contributed by atoms with E-state index in [9.17, 15) is 4.79 Å². The zero-order valence-electron chi connectivity index (χ0n) is 18.2. The molecule has 1 heterocycles. The third-order valence-electron chi connectivity index (χ3n) is 5.23. The molecule has 0 aromatic heterocycles. The molecule has 1 aliphatic heterocycles. The molecule has 0 atom stereocenters. The first-order chi connectivity index (χ1) is 15.0. The molecule has 7 heteroatoms. The Labute approximate surface area is 183 Å². The topological polar surface area (TPSA) is 74.3 Å². The summed E-state index contributed by atoms with van der Waals surface area (Å²) in [5.41, 5.74) is 6.90. The van der Waals surface area contributed by atoms with Gasteiger partial charge in [0.25, 0.3) is 0 Å². The number of hydrogen-bond acceptors (Lipinski definition) is 6. The molecule has 7 nitrogen and oxygen atoms in total. The summed E-state index contributed by atoms with van der Waals surface area (Å²) in [5, 5.41) is 8.89. The van der Waals surface area contributed by atoms with Crippen LogP contribution in [0.1, 0.15) is 18.1 Å². The number of ether oxygens (including phenoxy) is 1. The number of nitrogens with zero attached hydrogens (tertiary/aromatic N) is 2. The molecular weight excluding hydrogens is 394 g/mol. The lowest BCUT2D eigenvalue weighted by atomic mass is 10.1. The van der Waals surface area contributed by atoms with Gasteiger partial charge in [-0.3, -0.25) is 15.1 Å². The van der Waals surface area contributed by atoms with Crippen LogP contribution in [0.4, 0.5) is 5.69 Å². The maximum absolute atomic E-state index is 10.8. The van der Waals surface area contributed by atoms with Crippen LogP contribution in [0.2, 0.25) is 0 Å². The van der Waals surface area contributed by atoms with Gasteiger partial charge in [-0.25, -0.2) is 0 Å². The number of benzene rings is 2. The Hall–Kier alpha value is -3.03. The van der Waals surface area contributed by atoms with Gasteiger partial charge in [0.1, 0.15) is 19.0 Å². The average Bonchev–Trinajstić information content (AvgIpc) is 2.77. The van der Waals surface area contributed by atoms with E-state index in [-0.39, 0.29) is 6.42 Å². The number of anilines is 1. The van der Waals surface area contributed by atoms with Crippen LogP contribution in [0.5, 0.6) is 5.75 Å². The number of rotatable bonds is 10. The highest BCUT2D eigenvalue weighted by Crippen LogP contribution is 2.20. The van der Waals surface area contributed by atoms with Crippen LogP contribution in [0.25, 0.3) is 5.70 Å². The molecule has 3 rings (SSSR count). The van der Waals surface area contributed by atoms with Crippen LogP contribution in [0.15, 0.2) is 54.6 Å². The molecule has 31 heavy (non-hydrogen) atoms. The number of likely N-dealkylation sites (N-methyl/N-ethyl adjacent to an activating group) is 1. The van der Waals surface area contributed by atoms with Gasteiger partial charge in [0.05, 0.1) is 12.1 Å². The first kappa shape index (κ1) is 22.7. The van der Waals surface area contributed by atoms with E-state index < -0.39 is 5.97 Å². The molecule has 1 fully saturated rings. The van der Waals surface area contributed by atoms with Gasteiger partial charge in [0, 0.05) is 31.9 Å². The summed E-state index contributed by atoms with van der Waals surface area (Å²) < 4.78 is 5.65. The third-order valence-corrected chi connectivity index (χ3v) is 5.23. The standard InChI is InChI=1S/C24H31N3O4/c1-3-23(20-7-9-21(10-8-20)27-13-11-26(2)12-14-27)25-31-16-15-30-22-6-4-5-19(17-22)18-24(28)29/h3-10,17,25H,11-16,18H2,1-2H3,(H,28,29). The van der Waals surface area contributed by atoms with Gasteiger partial charge in [0.2, 0.25) is 0 Å². The van der Waals surface area contributed by atoms with E-state index in [4.69, 9.17) is 14.7 Å². The van der Waals surface area contributed by atoms with E-state index in [2.05, 4.69) is 46.6 Å². The van der Waals surface area contributed by atoms with Crippen molar-refractivity contribution in [3.8, 4) is 5.75 Å². The first-order valence-electron chi connectivity index (χ1n) is 10.6. The van der Waals surface area contributed by atoms with Crippen LogP contribution < -0.4 is 15.1 Å². The van der Waals surface area contributed by atoms with E-state index in [1.165, 1.54) is 5.69 Å². The SMILES string of the molecule is CC=C(NOCCOc1cccc(CC(=O)O)c1)c1ccc(N2CCN(C)CC2)cc1. The van der Waals surface area contributed by atoms with Crippen LogP contribution in [0.3, 0.4) is 0 Å². The van der Waals surface area contributed by atoms with Crippen LogP contribution >= 0.6 is 0 Å². The highest BCUT2D eigenvalue weighted by molar-refractivity contribution is 5.70. The van der Waals surface area contributed by atoms with Crippen molar-refractivity contribution in [3.05, 3.63) is 65.7 Å². The van der Waals surface area contributed by atoms with Crippen molar-refractivity contribution in [1.29, 1.82) is 0 Å². The highest BCUT2D eigenvalue weighted by atomic mass is 16.7. The van der Waals surface area contributed by atoms with Gasteiger partial charge < -0.3 is 19.6 Å². The summed E-state index contributed by atoms with van der Waals surface area (Å²) in [5.74, 6) is -0.228. The maximum atomic E-state index is 10.8. The molecule has 2 N–H and O–H groups in total. The second kappa shape index (κ2) is 11.4. The molecule has 1 saturated heterocycles. The fourth-order valence-electron chi connectivity index (χ4n) is 3.45. The van der Waals surface area contributed by atoms with Crippen LogP contribution in [0, 0.1) is 0 Å². The predicted molar refractivity (Wildman–Crippen MR) is 122 cm³/mol. The number of allylic oxidation sites excluding steroid dienone is 1. The summed E-state index contributed by atoms with van der Waals surface area (Å²) in [6, 6.07) is 15.6. The Morgan fingerprint density at radius 1 is 1.10 bits per heavy atom. The summed E-state index contributed by atoms with van der Waals surface area (Å²) in [6.07, 6.45) is 1.95. The van der Waals surface area contributed by atoms with Gasteiger partial charge in [-0.1, -0.05) is 30.3 Å². The fraction of sp³-hybridized carbons (Fsp3) is 0.375. The van der Waals surface area contributed by atoms with E-state index in [0.29, 0.717) is 24.5 Å². The minimum atomic E-state index is -0.861. The van der Waals surface area contributed by atoms with Crippen molar-refractivity contribution < 1.29 is 19.5 Å². The molecule has 2 aromatic rings. The number of piperazine rings is 1. The molecule has 166 valence electrons. The first-order valence-corrected chi connectivity index (χ1v) is 10.6. The number of hydroxylamine groups is 1. The summed E-state index contributed by atoms with van der Waals surface area (Å²) >= 11 is 0. The zero-order chi connectivity index (χ0) is 22.1. The Balaban J connectivity index is 1.43. The van der Waals surface area contributed by atoms with Gasteiger partial charge in [-0.2, -0.15) is 0 Å². The van der Waals surface area contributed by atoms with Gasteiger partial charge in [-0.05, 0) is 49.4 Å². The second-order valence-electron chi connectivity index (χ2n) is 7.56. The molecule has 0 amide bonds. The van der Waals surface area contributed by atoms with Crippen LogP contribution in [-0.4, -0.2) is 62.4 Å². The number of hydrogen-bond donors (Lipinski definition) is 2. The lowest BCUT2D eigenvalue weighted by Crippen LogP contribution is -2.44. The summed E-state index contributed by atoms with van der Waals surface area (Å²) in [6.45, 7) is 6.93. The van der Waals surface area contributed by atoms with E-state index in [0.717, 1.165) is 37.4 Å². The van der Waals surface area contributed by atoms with Crippen molar-refractivity contribution in [2.75, 3.05) is 51.3 Å². The maximum Gasteiger partial charge on any atom is 0.307 e. The molecule has 0 saturated carbocycles. The van der Waals surface area contributed by atoms with E-state index in [1.54, 1.807) is 24.3 Å². The fourth-order valence-corrected chi connectivity index (χ4v) is 3.45. The summed E-state index contributed by atoms with van der Waals surface area (Å²) in [7, 11) is 2.16. The number of nitrogens with one attached hydrogen (secondary N) is 1. The minimum absolute atomic E-state index is 0.0203. The van der Waals surface area contributed by atoms with Crippen molar-refractivity contribution in [2.24, 2.45) is 0 Å². The third kappa shape index (κ3) is 7.01. The normalized spacial score (nSPS) is 15.0. The molecule has 0 radical (unpaired) electrons. The van der Waals surface area contributed by atoms with Gasteiger partial charge in [0.15, 0.2) is 0 Å². The van der Waals surface area contributed by atoms with Gasteiger partial charge in [-0.15, -0.1) is 0 Å². The highest BCUT2D eigenvalue weighted by Gasteiger charge is 2.14. The molecular formula is C24H31N3O4. The minimum Gasteiger partial charge on any atom is -0.491 e. The molecule has 0 unspecified atom stereocenters. The molecule has 0 aliphatic carbocycles. The number of carboxylic acids is 1. The van der Waals surface area contributed by atoms with Crippen LogP contribution in [-0.2, 0) is 16.1 Å². The Bertz CT molecular complexity index is 875. The lowest BCUT2D eigenvalue weighted by molar-refractivity contribution is -0.136. The second-order valence-corrected chi connectivity index (χ2v) is 7.56. The number of carbonyl (C=O) groups is 1. The van der Waals surface area contributed by atoms with E-state index in [1.807, 2.05) is 13.0 Å². The Morgan fingerprint density at radius 3 is 2.52 bits per heavy atom. The van der Waals surface area contributed by atoms with E-state index >= 15 is 0 Å². The predicted octanol–water partition coefficient (Wildman–Crippen LogP) is 3.03. The lowest BCUT2D eigenvalue weighted by Gasteiger charge is -2.34. The monoisotopic (exact) mass is 425 g/mol. The van der Waals surface area contributed by atoms with Gasteiger partial charge >= 0.3 is 5.97 Å². The quantitative estimate of drug-likeness (QED) is 0.448. The molecule has 0 spiro atoms. The average molecular weight is 426 g/mol. The molecule has 2 aromatic carbocycles. The largest absolute Gasteiger partial charge is 0.491 e. The summed E-state index contributed by atoms with van der Waals surface area (Å²) in [4.78, 5) is 21.1. The smallest absolute Gasteiger partial charge is 0.307 e. The zero-order valence-corrected chi connectivity index (χ0v) is 18.2. The Morgan fingerprint density at radius 2 is 1.84 bits per heavy atom. The molecule has 1 aliphatic rings. The molecule has 0 bridgehead atoms. The van der Waals surface area contributed by atoms with Crippen molar-refractivity contribution in [2.45, 2.75) is 13.3 Å². The number of carboxylic acid groups (broad SMARTS) is 1. The number of aliphatic carboxylic acids is 1. The van der Waals surface area contributed by atoms with Crippen molar-refractivity contribution in [3.63, 3.8) is 0 Å². The van der Waals surface area contributed by atoms with Crippen molar-refractivity contribution >= 4 is 17.4 Å². The Kier molecular flexibility index (Phi) is 8.32. The van der Waals surface area contributed by atoms with Crippen molar-refractivity contribution in [1.82, 2.24) is 10.4 Å².